The van der Waals surface area contributed by atoms with Crippen molar-refractivity contribution < 1.29 is 30.4 Å². The van der Waals surface area contributed by atoms with Gasteiger partial charge in [-0.25, -0.2) is 35.4 Å². The summed E-state index contributed by atoms with van der Waals surface area (Å²) < 4.78 is 99.4. The Balaban J connectivity index is 1.52. The highest BCUT2D eigenvalue weighted by Gasteiger charge is 2.31. The Morgan fingerprint density at radius 2 is 1.59 bits per heavy atom. The van der Waals surface area contributed by atoms with Crippen molar-refractivity contribution in [1.29, 1.82) is 0 Å². The molecule has 1 saturated carbocycles. The number of sulfonamides is 1. The van der Waals surface area contributed by atoms with Gasteiger partial charge in [0.05, 0.1) is 15.9 Å². The van der Waals surface area contributed by atoms with Crippen molar-refractivity contribution >= 4 is 32.8 Å². The number of imidazole rings is 1. The highest BCUT2D eigenvalue weighted by molar-refractivity contribution is 7.98. The normalized spacial score (nSPS) is 19.8. The zero-order valence-corrected chi connectivity index (χ0v) is 21.7. The smallest absolute Gasteiger partial charge is 0.243 e. The van der Waals surface area contributed by atoms with Crippen LogP contribution in [0.1, 0.15) is 57.1 Å². The second-order valence-electron chi connectivity index (χ2n) is 9.80. The Kier molecular flexibility index (Phi) is 7.27. The lowest BCUT2D eigenvalue weighted by Gasteiger charge is -2.30. The van der Waals surface area contributed by atoms with Crippen LogP contribution in [0.3, 0.4) is 0 Å². The van der Waals surface area contributed by atoms with Gasteiger partial charge in [0.25, 0.3) is 0 Å². The highest BCUT2D eigenvalue weighted by Crippen LogP contribution is 2.39. The molecule has 1 aliphatic heterocycles. The molecule has 3 aromatic rings. The van der Waals surface area contributed by atoms with E-state index in [1.165, 1.54) is 10.4 Å². The molecule has 0 amide bonds. The minimum absolute atomic E-state index is 0.0364. The molecule has 12 heteroatoms. The predicted molar refractivity (Wildman–Crippen MR) is 130 cm³/mol. The molecule has 0 N–H and O–H groups in total. The van der Waals surface area contributed by atoms with E-state index in [-0.39, 0.29) is 16.9 Å². The van der Waals surface area contributed by atoms with Crippen molar-refractivity contribution in [3.8, 4) is 0 Å². The van der Waals surface area contributed by atoms with E-state index in [0.717, 1.165) is 50.3 Å². The molecule has 200 valence electrons. The molecule has 1 atom stereocenters. The molecule has 2 fully saturated rings. The summed E-state index contributed by atoms with van der Waals surface area (Å²) in [5.74, 6) is -10.2. The number of benzene rings is 2. The Bertz CT molecular complexity index is 1430. The zero-order chi connectivity index (χ0) is 26.5. The molecule has 1 saturated heterocycles. The van der Waals surface area contributed by atoms with Gasteiger partial charge in [0.1, 0.15) is 0 Å². The van der Waals surface area contributed by atoms with Crippen molar-refractivity contribution in [2.75, 3.05) is 13.1 Å². The highest BCUT2D eigenvalue weighted by atomic mass is 32.2. The van der Waals surface area contributed by atoms with Gasteiger partial charge in [-0.05, 0) is 49.8 Å². The topological polar surface area (TPSA) is 55.2 Å². The zero-order valence-electron chi connectivity index (χ0n) is 20.1. The third-order valence-corrected chi connectivity index (χ3v) is 10.1. The van der Waals surface area contributed by atoms with Crippen molar-refractivity contribution in [2.24, 2.45) is 5.92 Å². The maximum absolute atomic E-state index is 14.3. The predicted octanol–water partition coefficient (Wildman–Crippen LogP) is 6.56. The first-order valence-electron chi connectivity index (χ1n) is 12.2. The molecule has 5 rings (SSSR count). The summed E-state index contributed by atoms with van der Waals surface area (Å²) in [6, 6.07) is 4.76. The van der Waals surface area contributed by atoms with Crippen LogP contribution in [0.15, 0.2) is 28.3 Å². The van der Waals surface area contributed by atoms with Crippen LogP contribution in [-0.2, 0) is 15.8 Å². The number of rotatable bonds is 6. The van der Waals surface area contributed by atoms with Crippen LogP contribution < -0.4 is 0 Å². The van der Waals surface area contributed by atoms with Crippen molar-refractivity contribution in [2.45, 2.75) is 67.3 Å². The van der Waals surface area contributed by atoms with Gasteiger partial charge in [-0.15, -0.1) is 0 Å². The summed E-state index contributed by atoms with van der Waals surface area (Å²) in [6.07, 6.45) is 5.40. The molecule has 2 aliphatic rings. The lowest BCUT2D eigenvalue weighted by atomic mass is 10.0. The quantitative estimate of drug-likeness (QED) is 0.149. The van der Waals surface area contributed by atoms with Gasteiger partial charge in [-0.3, -0.25) is 0 Å². The second kappa shape index (κ2) is 10.2. The number of piperidine rings is 1. The Morgan fingerprint density at radius 1 is 0.946 bits per heavy atom. The largest absolute Gasteiger partial charge is 0.316 e. The van der Waals surface area contributed by atoms with E-state index in [0.29, 0.717) is 29.3 Å². The van der Waals surface area contributed by atoms with E-state index in [4.69, 9.17) is 0 Å². The van der Waals surface area contributed by atoms with Gasteiger partial charge in [0.15, 0.2) is 28.4 Å². The molecule has 2 heterocycles. The standard InChI is InChI=1S/C25H26F5N3O2S2/c1-14-5-4-10-32(12-14)37(34,35)16-8-9-19-18(11-16)31-25(33(19)15-6-2-3-7-15)36-13-17-20(26)22(28)24(30)23(29)21(17)27/h8-9,11,14-15H,2-7,10,12-13H2,1H3. The average molecular weight is 560 g/mol. The SMILES string of the molecule is CC1CCCN(S(=O)(=O)c2ccc3c(c2)nc(SCc2c(F)c(F)c(F)c(F)c2F)n3C2CCCC2)C1. The van der Waals surface area contributed by atoms with Crippen LogP contribution in [0.2, 0.25) is 0 Å². The first kappa shape index (κ1) is 26.4. The number of thioether (sulfide) groups is 1. The lowest BCUT2D eigenvalue weighted by molar-refractivity contribution is 0.281. The van der Waals surface area contributed by atoms with Crippen LogP contribution in [0.4, 0.5) is 22.0 Å². The molecule has 0 spiro atoms. The van der Waals surface area contributed by atoms with E-state index < -0.39 is 50.4 Å². The van der Waals surface area contributed by atoms with Crippen LogP contribution in [0.5, 0.6) is 0 Å². The molecule has 5 nitrogen and oxygen atoms in total. The Morgan fingerprint density at radius 3 is 2.24 bits per heavy atom. The van der Waals surface area contributed by atoms with Gasteiger partial charge in [0.2, 0.25) is 15.8 Å². The van der Waals surface area contributed by atoms with Crippen LogP contribution in [0.25, 0.3) is 11.0 Å². The maximum Gasteiger partial charge on any atom is 0.243 e. The summed E-state index contributed by atoms with van der Waals surface area (Å²) in [7, 11) is -3.73. The average Bonchev–Trinajstić information content (AvgIpc) is 3.53. The second-order valence-corrected chi connectivity index (χ2v) is 12.7. The minimum atomic E-state index is -3.73. The molecule has 2 aromatic carbocycles. The number of hydrogen-bond donors (Lipinski definition) is 0. The van der Waals surface area contributed by atoms with Gasteiger partial charge in [0, 0.05) is 30.4 Å². The first-order valence-corrected chi connectivity index (χ1v) is 14.7. The molecular weight excluding hydrogens is 533 g/mol. The van der Waals surface area contributed by atoms with Crippen molar-refractivity contribution in [3.63, 3.8) is 0 Å². The Labute approximate surface area is 216 Å². The molecular formula is C25H26F5N3O2S2. The van der Waals surface area contributed by atoms with Gasteiger partial charge in [-0.2, -0.15) is 4.31 Å². The van der Waals surface area contributed by atoms with Gasteiger partial charge in [-0.1, -0.05) is 31.5 Å². The molecule has 1 aliphatic carbocycles. The number of aromatic nitrogens is 2. The number of fused-ring (bicyclic) bond motifs is 1. The third kappa shape index (κ3) is 4.76. The molecule has 1 aromatic heterocycles. The summed E-state index contributed by atoms with van der Waals surface area (Å²) >= 11 is 0.862. The summed E-state index contributed by atoms with van der Waals surface area (Å²) in [5, 5.41) is 0.340. The van der Waals surface area contributed by atoms with Crippen molar-refractivity contribution in [1.82, 2.24) is 13.9 Å². The first-order chi connectivity index (χ1) is 17.6. The molecule has 37 heavy (non-hydrogen) atoms. The molecule has 1 unspecified atom stereocenters. The number of nitrogens with zero attached hydrogens (tertiary/aromatic N) is 3. The van der Waals surface area contributed by atoms with Crippen LogP contribution >= 0.6 is 11.8 Å². The third-order valence-electron chi connectivity index (χ3n) is 7.22. The maximum atomic E-state index is 14.3. The fourth-order valence-electron chi connectivity index (χ4n) is 5.26. The Hall–Kier alpha value is -2.18. The van der Waals surface area contributed by atoms with Gasteiger partial charge < -0.3 is 4.57 Å². The summed E-state index contributed by atoms with van der Waals surface area (Å²) in [5.41, 5.74) is 0.143. The van der Waals surface area contributed by atoms with Crippen LogP contribution in [0, 0.1) is 35.0 Å². The number of halogens is 5. The summed E-state index contributed by atoms with van der Waals surface area (Å²) in [4.78, 5) is 4.68. The monoisotopic (exact) mass is 559 g/mol. The fourth-order valence-corrected chi connectivity index (χ4v) is 7.96. The number of hydrogen-bond acceptors (Lipinski definition) is 4. The molecule has 0 radical (unpaired) electrons. The fraction of sp³-hybridized carbons (Fsp3) is 0.480. The van der Waals surface area contributed by atoms with E-state index in [1.807, 2.05) is 11.5 Å². The molecule has 0 bridgehead atoms. The van der Waals surface area contributed by atoms with E-state index in [9.17, 15) is 30.4 Å². The summed E-state index contributed by atoms with van der Waals surface area (Å²) in [6.45, 7) is 2.91. The van der Waals surface area contributed by atoms with Crippen molar-refractivity contribution in [3.05, 3.63) is 52.8 Å². The van der Waals surface area contributed by atoms with E-state index >= 15 is 0 Å². The van der Waals surface area contributed by atoms with Crippen LogP contribution in [-0.4, -0.2) is 35.4 Å². The van der Waals surface area contributed by atoms with E-state index in [1.54, 1.807) is 12.1 Å². The van der Waals surface area contributed by atoms with E-state index in [2.05, 4.69) is 4.98 Å². The minimum Gasteiger partial charge on any atom is -0.316 e. The van der Waals surface area contributed by atoms with Gasteiger partial charge >= 0.3 is 0 Å². The lowest BCUT2D eigenvalue weighted by Crippen LogP contribution is -2.39.